The molecule has 0 radical (unpaired) electrons. The van der Waals surface area contributed by atoms with Crippen LogP contribution in [0.3, 0.4) is 0 Å². The smallest absolute Gasteiger partial charge is 0.462 e. The summed E-state index contributed by atoms with van der Waals surface area (Å²) in [5.41, 5.74) is 0. The molecule has 1 aliphatic rings. The number of phosphoric acid groups is 1. The molecule has 0 saturated heterocycles. The van der Waals surface area contributed by atoms with Gasteiger partial charge in [-0.15, -0.1) is 0 Å². The summed E-state index contributed by atoms with van der Waals surface area (Å²) in [7, 11) is 1.24. The van der Waals surface area contributed by atoms with Crippen LogP contribution in [0.25, 0.3) is 0 Å². The van der Waals surface area contributed by atoms with E-state index in [0.29, 0.717) is 36.7 Å². The number of ether oxygens (including phenoxy) is 2. The summed E-state index contributed by atoms with van der Waals surface area (Å²) in [4.78, 5) is 48.5. The summed E-state index contributed by atoms with van der Waals surface area (Å²) < 4.78 is 34.2. The molecule has 0 aromatic rings. The second-order valence-corrected chi connectivity index (χ2v) is 19.2. The van der Waals surface area contributed by atoms with Crippen LogP contribution in [0.2, 0.25) is 0 Å². The molecule has 0 spiro atoms. The molecule has 60 heavy (non-hydrogen) atoms. The van der Waals surface area contributed by atoms with E-state index in [4.69, 9.17) is 18.5 Å². The maximum atomic E-state index is 12.9. The fourth-order valence-corrected chi connectivity index (χ4v) is 7.92. The quantitative estimate of drug-likeness (QED) is 0.0152. The Labute approximate surface area is 362 Å². The molecule has 350 valence electrons. The van der Waals surface area contributed by atoms with Gasteiger partial charge >= 0.3 is 19.8 Å². The van der Waals surface area contributed by atoms with Gasteiger partial charge in [-0.2, -0.15) is 0 Å². The zero-order chi connectivity index (χ0) is 44.7. The van der Waals surface area contributed by atoms with Gasteiger partial charge in [0, 0.05) is 43.9 Å². The molecule has 0 heterocycles. The Kier molecular flexibility index (Phi) is 31.4. The topological polar surface area (TPSA) is 186 Å². The highest BCUT2D eigenvalue weighted by Crippen LogP contribution is 2.43. The number of esters is 2. The van der Waals surface area contributed by atoms with Crippen molar-refractivity contribution in [2.24, 2.45) is 11.8 Å². The van der Waals surface area contributed by atoms with Crippen molar-refractivity contribution in [3.63, 3.8) is 0 Å². The van der Waals surface area contributed by atoms with Gasteiger partial charge in [-0.05, 0) is 51.4 Å². The first kappa shape index (κ1) is 56.1. The number of likely N-dealkylation sites (N-methyl/N-ethyl adjacent to an activating group) is 1. The Morgan fingerprint density at radius 3 is 1.95 bits per heavy atom. The maximum absolute atomic E-state index is 12.9. The van der Waals surface area contributed by atoms with Crippen LogP contribution in [0.5, 0.6) is 0 Å². The normalized spacial score (nSPS) is 20.4. The fraction of sp³-hybridized carbons (Fsp3) is 0.848. The zero-order valence-corrected chi connectivity index (χ0v) is 38.9. The number of hydrogen-bond acceptors (Lipinski definition) is 11. The van der Waals surface area contributed by atoms with Gasteiger partial charge in [0.25, 0.3) is 0 Å². The number of aliphatic hydroxyl groups excluding tert-OH is 3. The highest BCUT2D eigenvalue weighted by molar-refractivity contribution is 7.47. The first-order valence-corrected chi connectivity index (χ1v) is 24.7. The Morgan fingerprint density at radius 2 is 1.30 bits per heavy atom. The Hall–Kier alpha value is -1.96. The molecule has 1 saturated carbocycles. The number of quaternary nitrogens is 1. The maximum Gasteiger partial charge on any atom is 0.472 e. The van der Waals surface area contributed by atoms with Gasteiger partial charge in [0.1, 0.15) is 25.5 Å². The summed E-state index contributed by atoms with van der Waals surface area (Å²) in [6, 6.07) is 0. The van der Waals surface area contributed by atoms with Crippen LogP contribution in [0.4, 0.5) is 0 Å². The summed E-state index contributed by atoms with van der Waals surface area (Å²) >= 11 is 0. The van der Waals surface area contributed by atoms with E-state index in [0.717, 1.165) is 57.8 Å². The van der Waals surface area contributed by atoms with Gasteiger partial charge < -0.3 is 34.2 Å². The summed E-state index contributed by atoms with van der Waals surface area (Å²) in [5.74, 6) is -2.10. The molecule has 0 aromatic carbocycles. The van der Waals surface area contributed by atoms with Crippen molar-refractivity contribution in [1.29, 1.82) is 0 Å². The number of ketones is 1. The molecule has 0 bridgehead atoms. The first-order chi connectivity index (χ1) is 28.6. The molecule has 4 N–H and O–H groups in total. The van der Waals surface area contributed by atoms with Gasteiger partial charge in [0.05, 0.1) is 46.1 Å². The number of hydrogen-bond donors (Lipinski definition) is 4. The number of phosphoric ester groups is 1. The molecule has 7 atom stereocenters. The van der Waals surface area contributed by atoms with Crippen LogP contribution in [-0.2, 0) is 37.5 Å². The molecule has 0 aliphatic heterocycles. The second-order valence-electron chi connectivity index (χ2n) is 17.8. The average molecular weight is 875 g/mol. The SMILES string of the molecule is CCCCCCCC/C=C\CCCCCCCC(=O)OC[C@H](COP(=O)(O)OCC[N+](C)(C)C)OC(=O)CCCCC(=O)C[C@@H]1[C@@H](/C=C/[C@@H](O)CCCCC)[C@H](O)C[C@@H]1O. The van der Waals surface area contributed by atoms with Crippen LogP contribution in [0, 0.1) is 11.8 Å². The minimum Gasteiger partial charge on any atom is -0.462 e. The third-order valence-electron chi connectivity index (χ3n) is 10.9. The molecule has 0 amide bonds. The van der Waals surface area contributed by atoms with Gasteiger partial charge in [-0.25, -0.2) is 4.57 Å². The highest BCUT2D eigenvalue weighted by Gasteiger charge is 2.41. The third-order valence-corrected chi connectivity index (χ3v) is 11.9. The monoisotopic (exact) mass is 875 g/mol. The lowest BCUT2D eigenvalue weighted by Gasteiger charge is -2.24. The number of carbonyl (C=O) groups is 3. The molecule has 1 aliphatic carbocycles. The van der Waals surface area contributed by atoms with E-state index in [2.05, 4.69) is 26.0 Å². The Balaban J connectivity index is 2.52. The molecule has 0 aromatic heterocycles. The molecular formula is C46H85NO12P+. The summed E-state index contributed by atoms with van der Waals surface area (Å²) in [5, 5.41) is 31.4. The van der Waals surface area contributed by atoms with Crippen LogP contribution >= 0.6 is 7.82 Å². The summed E-state index contributed by atoms with van der Waals surface area (Å²) in [6.45, 7) is 3.86. The number of Topliss-reactive ketones (excluding diaryl/α,β-unsaturated/α-hetero) is 1. The number of unbranched alkanes of at least 4 members (excludes halogenated alkanes) is 14. The van der Waals surface area contributed by atoms with Gasteiger partial charge in [0.2, 0.25) is 0 Å². The largest absolute Gasteiger partial charge is 0.472 e. The zero-order valence-electron chi connectivity index (χ0n) is 38.0. The van der Waals surface area contributed by atoms with E-state index in [9.17, 15) is 39.2 Å². The van der Waals surface area contributed by atoms with E-state index in [1.807, 2.05) is 21.1 Å². The van der Waals surface area contributed by atoms with E-state index in [1.165, 1.54) is 38.5 Å². The fourth-order valence-electron chi connectivity index (χ4n) is 7.18. The Bertz CT molecular complexity index is 1250. The van der Waals surface area contributed by atoms with Gasteiger partial charge in [-0.3, -0.25) is 23.4 Å². The minimum atomic E-state index is -4.48. The first-order valence-electron chi connectivity index (χ1n) is 23.2. The lowest BCUT2D eigenvalue weighted by Crippen LogP contribution is -2.37. The number of aliphatic hydroxyl groups is 3. The standard InChI is InChI=1S/C46H84NO12P/c1-6-8-10-11-12-13-14-15-16-17-18-19-20-21-23-28-45(52)56-36-40(37-58-60(54,55)57-33-32-47(3,4)5)59-46(53)29-25-24-27-39(49)34-42-41(43(50)35-44(42)51)31-30-38(48)26-22-9-7-2/h15-16,30-31,38,40-44,48,50-51H,6-14,17-29,32-37H2,1-5H3/p+1/b16-15-,31-30+/t38-,40+,41+,42+,43+,44-/m0/s1. The molecule has 1 fully saturated rings. The lowest BCUT2D eigenvalue weighted by molar-refractivity contribution is -0.870. The summed E-state index contributed by atoms with van der Waals surface area (Å²) in [6.07, 6.45) is 24.2. The molecule has 1 unspecified atom stereocenters. The van der Waals surface area contributed by atoms with Crippen molar-refractivity contribution < 1.29 is 62.2 Å². The lowest BCUT2D eigenvalue weighted by atomic mass is 9.87. The van der Waals surface area contributed by atoms with Crippen LogP contribution in [-0.4, -0.2) is 114 Å². The van der Waals surface area contributed by atoms with Crippen molar-refractivity contribution >= 4 is 25.5 Å². The minimum absolute atomic E-state index is 0.0364. The van der Waals surface area contributed by atoms with Crippen LogP contribution < -0.4 is 0 Å². The predicted octanol–water partition coefficient (Wildman–Crippen LogP) is 8.69. The van der Waals surface area contributed by atoms with E-state index in [1.54, 1.807) is 12.2 Å². The van der Waals surface area contributed by atoms with Crippen LogP contribution in [0.15, 0.2) is 24.3 Å². The molecule has 13 nitrogen and oxygen atoms in total. The van der Waals surface area contributed by atoms with Gasteiger partial charge in [-0.1, -0.05) is 109 Å². The second kappa shape index (κ2) is 33.6. The van der Waals surface area contributed by atoms with Gasteiger partial charge in [0.15, 0.2) is 6.10 Å². The van der Waals surface area contributed by atoms with Crippen LogP contribution in [0.1, 0.15) is 168 Å². The van der Waals surface area contributed by atoms with E-state index >= 15 is 0 Å². The van der Waals surface area contributed by atoms with E-state index in [-0.39, 0.29) is 51.1 Å². The predicted molar refractivity (Wildman–Crippen MR) is 236 cm³/mol. The number of nitrogens with zero attached hydrogens (tertiary/aromatic N) is 1. The van der Waals surface area contributed by atoms with Crippen molar-refractivity contribution in [2.45, 2.75) is 192 Å². The molecule has 1 rings (SSSR count). The van der Waals surface area contributed by atoms with Crippen molar-refractivity contribution in [3.8, 4) is 0 Å². The Morgan fingerprint density at radius 1 is 0.733 bits per heavy atom. The number of rotatable bonds is 38. The van der Waals surface area contributed by atoms with E-state index < -0.39 is 62.6 Å². The highest BCUT2D eigenvalue weighted by atomic mass is 31.2. The molecule has 14 heteroatoms. The van der Waals surface area contributed by atoms with Crippen molar-refractivity contribution in [2.75, 3.05) is 47.5 Å². The number of carbonyl (C=O) groups excluding carboxylic acids is 3. The van der Waals surface area contributed by atoms with Crippen molar-refractivity contribution in [3.05, 3.63) is 24.3 Å². The molecular weight excluding hydrogens is 789 g/mol. The average Bonchev–Trinajstić information content (AvgIpc) is 3.44. The van der Waals surface area contributed by atoms with Crippen molar-refractivity contribution in [1.82, 2.24) is 0 Å². The third kappa shape index (κ3) is 30.1. The number of allylic oxidation sites excluding steroid dienone is 2.